The highest BCUT2D eigenvalue weighted by molar-refractivity contribution is 8.19. The molecule has 4 amide bonds. The molecule has 6 aliphatic heterocycles. The number of fused-ring (bicyclic) bond motifs is 8. The summed E-state index contributed by atoms with van der Waals surface area (Å²) in [5.74, 6) is 0.360. The van der Waals surface area contributed by atoms with E-state index in [2.05, 4.69) is 24.3 Å². The van der Waals surface area contributed by atoms with Gasteiger partial charge in [-0.1, -0.05) is 72.8 Å². The molecular formula is C46H50N4O8S4. The smallest absolute Gasteiger partial charge is 0.262 e. The highest BCUT2D eigenvalue weighted by Crippen LogP contribution is 2.62. The summed E-state index contributed by atoms with van der Waals surface area (Å²) in [6, 6.07) is 31.6. The van der Waals surface area contributed by atoms with Crippen molar-refractivity contribution in [2.24, 2.45) is 0 Å². The molecule has 0 aliphatic carbocycles. The number of piperazine rings is 2. The number of rotatable bonds is 13. The first kappa shape index (κ1) is 44.3. The Morgan fingerprint density at radius 2 is 0.726 bits per heavy atom. The van der Waals surface area contributed by atoms with Crippen LogP contribution in [0.2, 0.25) is 0 Å². The molecule has 0 radical (unpaired) electrons. The molecule has 4 bridgehead atoms. The first-order valence-electron chi connectivity index (χ1n) is 20.2. The van der Waals surface area contributed by atoms with Gasteiger partial charge >= 0.3 is 0 Å². The summed E-state index contributed by atoms with van der Waals surface area (Å²) < 4.78 is 10.1. The van der Waals surface area contributed by atoms with Gasteiger partial charge in [-0.15, -0.1) is 47.0 Å². The molecule has 12 nitrogen and oxygen atoms in total. The quantitative estimate of drug-likeness (QED) is 0.174. The average Bonchev–Trinajstić information content (AvgIpc) is 3.57. The summed E-state index contributed by atoms with van der Waals surface area (Å²) in [4.78, 5) is 57.4. The maximum atomic E-state index is 14.3. The number of thioether (sulfide) groups is 4. The lowest BCUT2D eigenvalue weighted by atomic mass is 9.95. The summed E-state index contributed by atoms with van der Waals surface area (Å²) in [7, 11) is 9.77. The maximum Gasteiger partial charge on any atom is 0.262 e. The van der Waals surface area contributed by atoms with Crippen LogP contribution < -0.4 is 9.47 Å². The number of carbonyl (C=O) groups excluding carboxylic acids is 4. The molecule has 326 valence electrons. The van der Waals surface area contributed by atoms with Crippen LogP contribution in [-0.2, 0) is 44.9 Å². The Kier molecular flexibility index (Phi) is 12.1. The number of aryl methyl sites for hydroxylation is 2. The van der Waals surface area contributed by atoms with Gasteiger partial charge in [-0.3, -0.25) is 19.2 Å². The van der Waals surface area contributed by atoms with Crippen molar-refractivity contribution in [3.8, 4) is 11.5 Å². The minimum absolute atomic E-state index is 0.223. The topological polar surface area (TPSA) is 140 Å². The SMILES string of the molecule is COc1ccc(C2SC3(CO)C(=O)N(C)C(Cc4ccc(CCc5ccc(CC67SC(c8ccc(OC)cc8)SC(CO)(C(=O)N6C)N(C)C7=O)cc5)cc4)(S2)C(=O)N3C)cc1. The van der Waals surface area contributed by atoms with E-state index in [4.69, 9.17) is 9.47 Å². The fourth-order valence-electron chi connectivity index (χ4n) is 8.73. The van der Waals surface area contributed by atoms with Gasteiger partial charge in [0.25, 0.3) is 23.6 Å². The summed E-state index contributed by atoms with van der Waals surface area (Å²) >= 11 is 5.48. The summed E-state index contributed by atoms with van der Waals surface area (Å²) in [6.07, 6.45) is 2.11. The molecule has 16 heteroatoms. The van der Waals surface area contributed by atoms with Crippen LogP contribution in [0.4, 0.5) is 0 Å². The number of aliphatic hydroxyl groups is 2. The van der Waals surface area contributed by atoms with Crippen LogP contribution >= 0.6 is 47.0 Å². The van der Waals surface area contributed by atoms with E-state index in [0.717, 1.165) is 46.2 Å². The third-order valence-corrected chi connectivity index (χ3v) is 19.8. The lowest BCUT2D eigenvalue weighted by Gasteiger charge is -2.50. The minimum Gasteiger partial charge on any atom is -0.497 e. The Morgan fingerprint density at radius 3 is 1.03 bits per heavy atom. The van der Waals surface area contributed by atoms with E-state index in [9.17, 15) is 29.4 Å². The number of hydrogen-bond donors (Lipinski definition) is 2. The summed E-state index contributed by atoms with van der Waals surface area (Å²) in [6.45, 7) is -1.01. The molecule has 4 aromatic rings. The molecule has 4 aromatic carbocycles. The van der Waals surface area contributed by atoms with Crippen LogP contribution in [0.1, 0.15) is 42.5 Å². The van der Waals surface area contributed by atoms with Gasteiger partial charge in [-0.05, 0) is 70.5 Å². The molecule has 6 unspecified atom stereocenters. The van der Waals surface area contributed by atoms with E-state index in [1.54, 1.807) is 42.4 Å². The van der Waals surface area contributed by atoms with Crippen molar-refractivity contribution >= 4 is 70.7 Å². The molecule has 6 aliphatic rings. The molecule has 0 aromatic heterocycles. The fraction of sp³-hybridized carbons (Fsp3) is 0.391. The molecule has 6 saturated heterocycles. The van der Waals surface area contributed by atoms with E-state index in [1.165, 1.54) is 66.6 Å². The third-order valence-electron chi connectivity index (χ3n) is 12.8. The van der Waals surface area contributed by atoms with E-state index in [1.807, 2.05) is 72.8 Å². The zero-order valence-electron chi connectivity index (χ0n) is 35.4. The molecule has 0 spiro atoms. The Labute approximate surface area is 379 Å². The second kappa shape index (κ2) is 17.0. The first-order valence-corrected chi connectivity index (χ1v) is 23.7. The van der Waals surface area contributed by atoms with Gasteiger partial charge in [0.05, 0.1) is 36.6 Å². The number of methoxy groups -OCH3 is 2. The molecule has 10 rings (SSSR count). The van der Waals surface area contributed by atoms with Crippen molar-refractivity contribution in [3.05, 3.63) is 130 Å². The number of benzene rings is 4. The monoisotopic (exact) mass is 914 g/mol. The molecule has 0 saturated carbocycles. The van der Waals surface area contributed by atoms with Gasteiger partial charge in [-0.2, -0.15) is 0 Å². The van der Waals surface area contributed by atoms with Crippen molar-refractivity contribution in [1.82, 2.24) is 19.6 Å². The highest BCUT2D eigenvalue weighted by Gasteiger charge is 2.67. The van der Waals surface area contributed by atoms with E-state index < -0.39 is 32.7 Å². The molecule has 2 N–H and O–H groups in total. The minimum atomic E-state index is -1.44. The number of hydrogen-bond acceptors (Lipinski definition) is 12. The van der Waals surface area contributed by atoms with Crippen molar-refractivity contribution in [2.75, 3.05) is 55.6 Å². The average molecular weight is 915 g/mol. The first-order chi connectivity index (χ1) is 29.7. The van der Waals surface area contributed by atoms with Gasteiger partial charge in [0, 0.05) is 41.0 Å². The van der Waals surface area contributed by atoms with E-state index in [-0.39, 0.29) is 32.8 Å². The number of nitrogens with zero attached hydrogens (tertiary/aromatic N) is 4. The molecule has 6 fully saturated rings. The van der Waals surface area contributed by atoms with Gasteiger partial charge in [0.1, 0.15) is 11.5 Å². The van der Waals surface area contributed by atoms with Crippen molar-refractivity contribution < 1.29 is 38.9 Å². The lowest BCUT2D eigenvalue weighted by Crippen LogP contribution is -2.73. The fourth-order valence-corrected chi connectivity index (χ4v) is 16.2. The van der Waals surface area contributed by atoms with Crippen LogP contribution in [0.15, 0.2) is 97.1 Å². The second-order valence-electron chi connectivity index (χ2n) is 16.1. The van der Waals surface area contributed by atoms with Crippen LogP contribution in [0.25, 0.3) is 0 Å². The largest absolute Gasteiger partial charge is 0.497 e. The number of ether oxygens (including phenoxy) is 2. The van der Waals surface area contributed by atoms with Gasteiger partial charge < -0.3 is 39.3 Å². The highest BCUT2D eigenvalue weighted by atomic mass is 32.2. The number of amides is 4. The predicted octanol–water partition coefficient (Wildman–Crippen LogP) is 5.56. The zero-order valence-corrected chi connectivity index (χ0v) is 38.7. The normalized spacial score (nSPS) is 28.4. The third kappa shape index (κ3) is 7.14. The van der Waals surface area contributed by atoms with Gasteiger partial charge in [0.2, 0.25) is 0 Å². The Morgan fingerprint density at radius 1 is 0.452 bits per heavy atom. The maximum absolute atomic E-state index is 14.3. The van der Waals surface area contributed by atoms with Crippen LogP contribution in [0.3, 0.4) is 0 Å². The molecule has 6 heterocycles. The number of likely N-dealkylation sites (N-methyl/N-ethyl adjacent to an activating group) is 4. The van der Waals surface area contributed by atoms with Crippen molar-refractivity contribution in [3.63, 3.8) is 0 Å². The number of aliphatic hydroxyl groups excluding tert-OH is 2. The summed E-state index contributed by atoms with van der Waals surface area (Å²) in [5.41, 5.74) is 5.90. The van der Waals surface area contributed by atoms with Crippen LogP contribution in [0.5, 0.6) is 11.5 Å². The van der Waals surface area contributed by atoms with Gasteiger partial charge in [0.15, 0.2) is 19.5 Å². The molecule has 6 atom stereocenters. The van der Waals surface area contributed by atoms with Crippen LogP contribution in [0, 0.1) is 0 Å². The number of carbonyl (C=O) groups is 4. The Balaban J connectivity index is 0.974. The Hall–Kier alpha value is -4.32. The van der Waals surface area contributed by atoms with Crippen molar-refractivity contribution in [2.45, 2.75) is 54.3 Å². The lowest BCUT2D eigenvalue weighted by molar-refractivity contribution is -0.164. The second-order valence-corrected chi connectivity index (χ2v) is 22.2. The van der Waals surface area contributed by atoms with Crippen molar-refractivity contribution in [1.29, 1.82) is 0 Å². The zero-order chi connectivity index (χ0) is 44.2. The van der Waals surface area contributed by atoms with E-state index >= 15 is 0 Å². The Bertz CT molecular complexity index is 2190. The van der Waals surface area contributed by atoms with Gasteiger partial charge in [-0.25, -0.2) is 0 Å². The molecular weight excluding hydrogens is 865 g/mol. The van der Waals surface area contributed by atoms with E-state index in [0.29, 0.717) is 24.3 Å². The standard InChI is InChI=1S/C46H50N4O8S4/c1-47-41(55)45(27-51)49(3)39(53)43(47,59-37(61-45)33-17-21-35(57-5)22-18-33)25-31-13-9-29(10-14-31)7-8-30-11-15-32(16-12-30)26-44-40(54)50(4)46(28-52,42(56)48(44)2)62-38(60-44)34-19-23-36(58-6)24-20-34/h9-24,37-38,51-52H,7-8,25-28H2,1-6H3. The summed E-state index contributed by atoms with van der Waals surface area (Å²) in [5, 5.41) is 21.3. The predicted molar refractivity (Wildman–Crippen MR) is 246 cm³/mol. The van der Waals surface area contributed by atoms with Crippen LogP contribution in [-0.4, -0.2) is 129 Å². The molecule has 62 heavy (non-hydrogen) atoms.